The molecule has 1 aromatic carbocycles. The van der Waals surface area contributed by atoms with E-state index in [4.69, 9.17) is 5.73 Å². The van der Waals surface area contributed by atoms with E-state index in [9.17, 15) is 13.2 Å². The highest BCUT2D eigenvalue weighted by atomic mass is 32.2. The summed E-state index contributed by atoms with van der Waals surface area (Å²) in [4.78, 5) is 12.0. The number of amides is 1. The number of carbonyl (C=O) groups excluding carboxylic acids is 1. The summed E-state index contributed by atoms with van der Waals surface area (Å²) in [7, 11) is -2.21. The number of carbonyl (C=O) groups is 1. The minimum absolute atomic E-state index is 0.141. The summed E-state index contributed by atoms with van der Waals surface area (Å²) in [5, 5.41) is 2.63. The van der Waals surface area contributed by atoms with Crippen molar-refractivity contribution in [2.75, 3.05) is 12.4 Å². The van der Waals surface area contributed by atoms with Crippen LogP contribution in [-0.2, 0) is 14.8 Å². The molecule has 0 spiro atoms. The molecule has 0 aliphatic rings. The van der Waals surface area contributed by atoms with E-state index < -0.39 is 16.1 Å². The molecule has 0 aromatic heterocycles. The highest BCUT2D eigenvalue weighted by Gasteiger charge is 2.17. The lowest BCUT2D eigenvalue weighted by atomic mass is 10.1. The van der Waals surface area contributed by atoms with Crippen LogP contribution in [0.3, 0.4) is 0 Å². The second-order valence-corrected chi connectivity index (χ2v) is 6.43. The zero-order valence-corrected chi connectivity index (χ0v) is 12.8. The second kappa shape index (κ2) is 6.83. The van der Waals surface area contributed by atoms with Crippen molar-refractivity contribution in [1.82, 2.24) is 4.72 Å². The first-order valence-electron chi connectivity index (χ1n) is 6.42. The fourth-order valence-electron chi connectivity index (χ4n) is 1.75. The number of nitrogens with two attached hydrogens (primary N) is 1. The van der Waals surface area contributed by atoms with E-state index in [1.165, 1.54) is 13.1 Å². The van der Waals surface area contributed by atoms with Crippen LogP contribution in [0.4, 0.5) is 5.69 Å². The summed E-state index contributed by atoms with van der Waals surface area (Å²) < 4.78 is 26.0. The standard InChI is InChI=1S/C13H21N3O3S/c1-4-5-11(14)13(17)16-10-7-6-9(2)12(8-10)20(18,19)15-3/h6-8,11,15H,4-5,14H2,1-3H3,(H,16,17)/t11-/m0/s1. The summed E-state index contributed by atoms with van der Waals surface area (Å²) in [6.45, 7) is 3.63. The molecule has 7 heteroatoms. The highest BCUT2D eigenvalue weighted by molar-refractivity contribution is 7.89. The maximum atomic E-state index is 11.8. The molecule has 0 saturated heterocycles. The van der Waals surface area contributed by atoms with Gasteiger partial charge in [-0.25, -0.2) is 13.1 Å². The van der Waals surface area contributed by atoms with Crippen LogP contribution in [0.5, 0.6) is 0 Å². The van der Waals surface area contributed by atoms with Crippen LogP contribution >= 0.6 is 0 Å². The zero-order valence-electron chi connectivity index (χ0n) is 11.9. The second-order valence-electron chi connectivity index (χ2n) is 4.57. The maximum Gasteiger partial charge on any atom is 0.241 e. The van der Waals surface area contributed by atoms with Gasteiger partial charge in [0.2, 0.25) is 15.9 Å². The number of nitrogens with one attached hydrogen (secondary N) is 2. The van der Waals surface area contributed by atoms with Gasteiger partial charge in [0, 0.05) is 5.69 Å². The molecule has 0 bridgehead atoms. The topological polar surface area (TPSA) is 101 Å². The van der Waals surface area contributed by atoms with E-state index in [2.05, 4.69) is 10.0 Å². The van der Waals surface area contributed by atoms with Gasteiger partial charge in [0.15, 0.2) is 0 Å². The normalized spacial score (nSPS) is 13.0. The lowest BCUT2D eigenvalue weighted by Crippen LogP contribution is -2.35. The van der Waals surface area contributed by atoms with Crippen molar-refractivity contribution in [3.63, 3.8) is 0 Å². The summed E-state index contributed by atoms with van der Waals surface area (Å²) in [5.41, 5.74) is 6.74. The Morgan fingerprint density at radius 2 is 2.05 bits per heavy atom. The summed E-state index contributed by atoms with van der Waals surface area (Å²) in [5.74, 6) is -0.316. The van der Waals surface area contributed by atoms with Gasteiger partial charge in [0.05, 0.1) is 10.9 Å². The van der Waals surface area contributed by atoms with E-state index in [1.807, 2.05) is 6.92 Å². The van der Waals surface area contributed by atoms with E-state index in [0.29, 0.717) is 17.7 Å². The van der Waals surface area contributed by atoms with E-state index in [1.54, 1.807) is 19.1 Å². The quantitative estimate of drug-likeness (QED) is 0.728. The molecule has 6 nitrogen and oxygen atoms in total. The summed E-state index contributed by atoms with van der Waals surface area (Å²) in [6, 6.07) is 4.13. The molecule has 1 amide bonds. The largest absolute Gasteiger partial charge is 0.325 e. The first-order chi connectivity index (χ1) is 9.31. The van der Waals surface area contributed by atoms with Crippen molar-refractivity contribution in [2.45, 2.75) is 37.6 Å². The number of hydrogen-bond acceptors (Lipinski definition) is 4. The van der Waals surface area contributed by atoms with Crippen LogP contribution in [0, 0.1) is 6.92 Å². The number of rotatable bonds is 6. The van der Waals surface area contributed by atoms with Crippen molar-refractivity contribution in [3.8, 4) is 0 Å². The van der Waals surface area contributed by atoms with Crippen LogP contribution in [0.1, 0.15) is 25.3 Å². The van der Waals surface area contributed by atoms with Gasteiger partial charge in [0.25, 0.3) is 0 Å². The van der Waals surface area contributed by atoms with Gasteiger partial charge in [-0.2, -0.15) is 0 Å². The number of benzene rings is 1. The molecule has 112 valence electrons. The van der Waals surface area contributed by atoms with Gasteiger partial charge in [0.1, 0.15) is 0 Å². The Balaban J connectivity index is 3.00. The molecule has 1 rings (SSSR count). The monoisotopic (exact) mass is 299 g/mol. The molecule has 4 N–H and O–H groups in total. The average molecular weight is 299 g/mol. The van der Waals surface area contributed by atoms with Crippen molar-refractivity contribution >= 4 is 21.6 Å². The van der Waals surface area contributed by atoms with Gasteiger partial charge >= 0.3 is 0 Å². The van der Waals surface area contributed by atoms with Gasteiger partial charge in [-0.3, -0.25) is 4.79 Å². The minimum Gasteiger partial charge on any atom is -0.325 e. The Morgan fingerprint density at radius 3 is 2.60 bits per heavy atom. The third kappa shape index (κ3) is 4.03. The molecule has 0 aliphatic carbocycles. The summed E-state index contributed by atoms with van der Waals surface area (Å²) >= 11 is 0. The zero-order chi connectivity index (χ0) is 15.3. The Hall–Kier alpha value is -1.44. The smallest absolute Gasteiger partial charge is 0.241 e. The van der Waals surface area contributed by atoms with Gasteiger partial charge in [-0.15, -0.1) is 0 Å². The van der Waals surface area contributed by atoms with Crippen LogP contribution in [-0.4, -0.2) is 27.4 Å². The van der Waals surface area contributed by atoms with Crippen molar-refractivity contribution in [3.05, 3.63) is 23.8 Å². The lowest BCUT2D eigenvalue weighted by molar-refractivity contribution is -0.117. The number of anilines is 1. The Bertz CT molecular complexity index is 585. The first-order valence-corrected chi connectivity index (χ1v) is 7.90. The Kier molecular flexibility index (Phi) is 5.67. The third-order valence-corrected chi connectivity index (χ3v) is 4.51. The molecular formula is C13H21N3O3S. The number of aryl methyl sites for hydroxylation is 1. The molecule has 1 aromatic rings. The van der Waals surface area contributed by atoms with Crippen LogP contribution < -0.4 is 15.8 Å². The summed E-state index contributed by atoms with van der Waals surface area (Å²) in [6.07, 6.45) is 1.39. The molecule has 0 fully saturated rings. The fraction of sp³-hybridized carbons (Fsp3) is 0.462. The van der Waals surface area contributed by atoms with Crippen molar-refractivity contribution in [1.29, 1.82) is 0 Å². The van der Waals surface area contributed by atoms with Gasteiger partial charge in [-0.1, -0.05) is 19.4 Å². The predicted molar refractivity (Wildman–Crippen MR) is 78.9 cm³/mol. The lowest BCUT2D eigenvalue weighted by Gasteiger charge is -2.13. The fourth-order valence-corrected chi connectivity index (χ4v) is 2.75. The van der Waals surface area contributed by atoms with E-state index in [-0.39, 0.29) is 10.8 Å². The SMILES string of the molecule is CCC[C@H](N)C(=O)Nc1ccc(C)c(S(=O)(=O)NC)c1. The first kappa shape index (κ1) is 16.6. The van der Waals surface area contributed by atoms with Crippen LogP contribution in [0.25, 0.3) is 0 Å². The molecular weight excluding hydrogens is 278 g/mol. The van der Waals surface area contributed by atoms with E-state index in [0.717, 1.165) is 6.42 Å². The third-order valence-electron chi connectivity index (χ3n) is 2.95. The average Bonchev–Trinajstić information content (AvgIpc) is 2.41. The van der Waals surface area contributed by atoms with Gasteiger partial charge in [-0.05, 0) is 38.1 Å². The molecule has 20 heavy (non-hydrogen) atoms. The maximum absolute atomic E-state index is 11.8. The molecule has 0 saturated carbocycles. The van der Waals surface area contributed by atoms with E-state index >= 15 is 0 Å². The Morgan fingerprint density at radius 1 is 1.40 bits per heavy atom. The molecule has 1 atom stereocenters. The Labute approximate surface area is 119 Å². The van der Waals surface area contributed by atoms with Gasteiger partial charge < -0.3 is 11.1 Å². The number of hydrogen-bond donors (Lipinski definition) is 3. The molecule has 0 heterocycles. The number of sulfonamides is 1. The molecule has 0 radical (unpaired) electrons. The minimum atomic E-state index is -3.55. The van der Waals surface area contributed by atoms with Crippen LogP contribution in [0.15, 0.2) is 23.1 Å². The van der Waals surface area contributed by atoms with Crippen molar-refractivity contribution in [2.24, 2.45) is 5.73 Å². The van der Waals surface area contributed by atoms with Crippen molar-refractivity contribution < 1.29 is 13.2 Å². The molecule has 0 aliphatic heterocycles. The molecule has 0 unspecified atom stereocenters. The van der Waals surface area contributed by atoms with Crippen LogP contribution in [0.2, 0.25) is 0 Å². The highest BCUT2D eigenvalue weighted by Crippen LogP contribution is 2.20. The predicted octanol–water partition coefficient (Wildman–Crippen LogP) is 0.969.